The molecule has 26 heavy (non-hydrogen) atoms. The van der Waals surface area contributed by atoms with Crippen LogP contribution in [0.2, 0.25) is 10.0 Å². The predicted octanol–water partition coefficient (Wildman–Crippen LogP) is 6.59. The molecular weight excluding hydrogens is 390 g/mol. The van der Waals surface area contributed by atoms with Crippen LogP contribution in [-0.4, -0.2) is 5.11 Å². The molecule has 2 aromatic carbocycles. The molecular formula is C18H12Cl2F3NO2. The first-order valence-corrected chi connectivity index (χ1v) is 8.18. The van der Waals surface area contributed by atoms with Gasteiger partial charge in [0.25, 0.3) is 0 Å². The maximum atomic E-state index is 12.8. The monoisotopic (exact) mass is 401 g/mol. The minimum Gasteiger partial charge on any atom is -0.505 e. The van der Waals surface area contributed by atoms with Crippen molar-refractivity contribution in [3.8, 4) is 17.1 Å². The van der Waals surface area contributed by atoms with Gasteiger partial charge >= 0.3 is 6.18 Å². The van der Waals surface area contributed by atoms with Gasteiger partial charge in [0, 0.05) is 11.3 Å². The fourth-order valence-electron chi connectivity index (χ4n) is 2.33. The first-order valence-electron chi connectivity index (χ1n) is 7.42. The molecule has 3 rings (SSSR count). The number of alkyl halides is 3. The van der Waals surface area contributed by atoms with Gasteiger partial charge in [-0.25, -0.2) is 0 Å². The molecule has 0 radical (unpaired) electrons. The van der Waals surface area contributed by atoms with E-state index in [9.17, 15) is 18.3 Å². The molecule has 3 aromatic rings. The number of phenols is 1. The zero-order valence-corrected chi connectivity index (χ0v) is 14.6. The fourth-order valence-corrected chi connectivity index (χ4v) is 2.82. The van der Waals surface area contributed by atoms with E-state index in [1.165, 1.54) is 18.2 Å². The first-order chi connectivity index (χ1) is 12.2. The number of halogens is 5. The topological polar surface area (TPSA) is 45.4 Å². The SMILES string of the molecule is Oc1c(Cl)cc(NCc2ccc(-c3cccc(C(F)(F)F)c3)o2)cc1Cl. The van der Waals surface area contributed by atoms with Crippen LogP contribution < -0.4 is 5.32 Å². The fraction of sp³-hybridized carbons (Fsp3) is 0.111. The van der Waals surface area contributed by atoms with Crippen LogP contribution in [0.1, 0.15) is 11.3 Å². The minimum absolute atomic E-state index is 0.101. The Labute approximate surface area is 157 Å². The van der Waals surface area contributed by atoms with Gasteiger partial charge in [-0.2, -0.15) is 13.2 Å². The number of rotatable bonds is 4. The van der Waals surface area contributed by atoms with Gasteiger partial charge in [-0.15, -0.1) is 0 Å². The van der Waals surface area contributed by atoms with Crippen LogP contribution >= 0.6 is 23.2 Å². The summed E-state index contributed by atoms with van der Waals surface area (Å²) in [4.78, 5) is 0. The highest BCUT2D eigenvalue weighted by Crippen LogP contribution is 2.35. The Kier molecular flexibility index (Phi) is 5.07. The number of hydrogen-bond acceptors (Lipinski definition) is 3. The van der Waals surface area contributed by atoms with E-state index in [2.05, 4.69) is 5.32 Å². The highest BCUT2D eigenvalue weighted by molar-refractivity contribution is 6.37. The average molecular weight is 402 g/mol. The number of phenolic OH excluding ortho intramolecular Hbond substituents is 1. The highest BCUT2D eigenvalue weighted by atomic mass is 35.5. The third-order valence-corrected chi connectivity index (χ3v) is 4.20. The largest absolute Gasteiger partial charge is 0.505 e. The predicted molar refractivity (Wildman–Crippen MR) is 94.6 cm³/mol. The molecule has 0 fully saturated rings. The molecule has 136 valence electrons. The van der Waals surface area contributed by atoms with E-state index in [-0.39, 0.29) is 22.3 Å². The summed E-state index contributed by atoms with van der Waals surface area (Å²) in [5.74, 6) is 0.635. The van der Waals surface area contributed by atoms with E-state index in [0.29, 0.717) is 22.8 Å². The average Bonchev–Trinajstić information content (AvgIpc) is 3.06. The molecule has 0 amide bonds. The summed E-state index contributed by atoms with van der Waals surface area (Å²) in [5, 5.41) is 12.8. The van der Waals surface area contributed by atoms with Crippen molar-refractivity contribution in [1.29, 1.82) is 0 Å². The Bertz CT molecular complexity index is 915. The standard InChI is InChI=1S/C18H12Cl2F3NO2/c19-14-7-12(8-15(20)17(14)25)24-9-13-4-5-16(26-13)10-2-1-3-11(6-10)18(21,22)23/h1-8,24-25H,9H2. The van der Waals surface area contributed by atoms with E-state index in [4.69, 9.17) is 27.6 Å². The molecule has 1 heterocycles. The summed E-state index contributed by atoms with van der Waals surface area (Å²) in [6.45, 7) is 0.260. The molecule has 3 nitrogen and oxygen atoms in total. The maximum Gasteiger partial charge on any atom is 0.416 e. The van der Waals surface area contributed by atoms with Crippen molar-refractivity contribution < 1.29 is 22.7 Å². The zero-order chi connectivity index (χ0) is 18.9. The summed E-state index contributed by atoms with van der Waals surface area (Å²) in [6.07, 6.45) is -4.41. The molecule has 0 aliphatic carbocycles. The second-order valence-corrected chi connectivity index (χ2v) is 6.30. The smallest absolute Gasteiger partial charge is 0.416 e. The molecule has 8 heteroatoms. The second kappa shape index (κ2) is 7.13. The van der Waals surface area contributed by atoms with Gasteiger partial charge in [0.2, 0.25) is 0 Å². The van der Waals surface area contributed by atoms with Gasteiger partial charge in [-0.3, -0.25) is 0 Å². The molecule has 0 aliphatic heterocycles. The van der Waals surface area contributed by atoms with Gasteiger partial charge in [0.1, 0.15) is 11.5 Å². The Morgan fingerprint density at radius 2 is 1.69 bits per heavy atom. The number of benzene rings is 2. The Morgan fingerprint density at radius 3 is 2.35 bits per heavy atom. The van der Waals surface area contributed by atoms with Crippen LogP contribution in [0, 0.1) is 0 Å². The van der Waals surface area contributed by atoms with Crippen molar-refractivity contribution in [3.63, 3.8) is 0 Å². The lowest BCUT2D eigenvalue weighted by molar-refractivity contribution is -0.137. The molecule has 0 saturated heterocycles. The summed E-state index contributed by atoms with van der Waals surface area (Å²) in [6, 6.07) is 11.2. The van der Waals surface area contributed by atoms with Crippen molar-refractivity contribution in [3.05, 3.63) is 69.9 Å². The third kappa shape index (κ3) is 4.08. The van der Waals surface area contributed by atoms with Crippen molar-refractivity contribution in [2.75, 3.05) is 5.32 Å². The van der Waals surface area contributed by atoms with Gasteiger partial charge in [0.05, 0.1) is 22.2 Å². The quantitative estimate of drug-likeness (QED) is 0.484. The number of nitrogens with one attached hydrogen (secondary N) is 1. The summed E-state index contributed by atoms with van der Waals surface area (Å²) < 4.78 is 44.0. The van der Waals surface area contributed by atoms with E-state index >= 15 is 0 Å². The lowest BCUT2D eigenvalue weighted by Gasteiger charge is -2.08. The molecule has 0 aliphatic rings. The van der Waals surface area contributed by atoms with Gasteiger partial charge in [0.15, 0.2) is 5.75 Å². The summed E-state index contributed by atoms with van der Waals surface area (Å²) >= 11 is 11.7. The second-order valence-electron chi connectivity index (χ2n) is 5.49. The molecule has 2 N–H and O–H groups in total. The lowest BCUT2D eigenvalue weighted by atomic mass is 10.1. The lowest BCUT2D eigenvalue weighted by Crippen LogP contribution is -2.04. The number of hydrogen-bond donors (Lipinski definition) is 2. The number of anilines is 1. The minimum atomic E-state index is -4.41. The summed E-state index contributed by atoms with van der Waals surface area (Å²) in [7, 11) is 0. The molecule has 0 bridgehead atoms. The van der Waals surface area contributed by atoms with Crippen LogP contribution in [0.25, 0.3) is 11.3 Å². The van der Waals surface area contributed by atoms with Crippen LogP contribution in [0.5, 0.6) is 5.75 Å². The van der Waals surface area contributed by atoms with Crippen molar-refractivity contribution in [2.24, 2.45) is 0 Å². The van der Waals surface area contributed by atoms with Crippen LogP contribution in [0.3, 0.4) is 0 Å². The van der Waals surface area contributed by atoms with Crippen LogP contribution in [0.15, 0.2) is 52.9 Å². The molecule has 1 aromatic heterocycles. The van der Waals surface area contributed by atoms with Crippen molar-refractivity contribution >= 4 is 28.9 Å². The Balaban J connectivity index is 1.75. The van der Waals surface area contributed by atoms with Crippen molar-refractivity contribution in [1.82, 2.24) is 0 Å². The molecule has 0 unspecified atom stereocenters. The highest BCUT2D eigenvalue weighted by Gasteiger charge is 2.30. The first kappa shape index (κ1) is 18.5. The zero-order valence-electron chi connectivity index (χ0n) is 13.1. The summed E-state index contributed by atoms with van der Waals surface area (Å²) in [5.41, 5.74) is 0.163. The van der Waals surface area contributed by atoms with Crippen LogP contribution in [0.4, 0.5) is 18.9 Å². The van der Waals surface area contributed by atoms with Crippen molar-refractivity contribution in [2.45, 2.75) is 12.7 Å². The van der Waals surface area contributed by atoms with Gasteiger partial charge in [-0.1, -0.05) is 35.3 Å². The van der Waals surface area contributed by atoms with E-state index in [0.717, 1.165) is 12.1 Å². The van der Waals surface area contributed by atoms with Crippen LogP contribution in [-0.2, 0) is 12.7 Å². The van der Waals surface area contributed by atoms with E-state index in [1.54, 1.807) is 18.2 Å². The van der Waals surface area contributed by atoms with Gasteiger partial charge in [-0.05, 0) is 36.4 Å². The normalized spacial score (nSPS) is 11.6. The molecule has 0 spiro atoms. The Morgan fingerprint density at radius 1 is 1.00 bits per heavy atom. The van der Waals surface area contributed by atoms with Gasteiger partial charge < -0.3 is 14.8 Å². The van der Waals surface area contributed by atoms with E-state index in [1.807, 2.05) is 0 Å². The number of furan rings is 1. The third-order valence-electron chi connectivity index (χ3n) is 3.62. The van der Waals surface area contributed by atoms with E-state index < -0.39 is 11.7 Å². The number of aromatic hydroxyl groups is 1. The molecule has 0 saturated carbocycles. The molecule has 0 atom stereocenters. The Hall–Kier alpha value is -2.31. The maximum absolute atomic E-state index is 12.8.